The average Bonchev–Trinajstić information content (AvgIpc) is 2.98. The molecule has 7 nitrogen and oxygen atoms in total. The maximum Gasteiger partial charge on any atom is 0.319 e. The van der Waals surface area contributed by atoms with Gasteiger partial charge in [0.05, 0.1) is 11.1 Å². The van der Waals surface area contributed by atoms with Crippen molar-refractivity contribution in [2.75, 3.05) is 0 Å². The van der Waals surface area contributed by atoms with E-state index >= 15 is 0 Å². The molecule has 2 rings (SSSR count). The summed E-state index contributed by atoms with van der Waals surface area (Å²) in [4.78, 5) is 23.8. The maximum absolute atomic E-state index is 12.3. The van der Waals surface area contributed by atoms with Gasteiger partial charge in [-0.15, -0.1) is 0 Å². The van der Waals surface area contributed by atoms with Gasteiger partial charge in [0.1, 0.15) is 5.41 Å². The molecule has 1 aromatic rings. The first kappa shape index (κ1) is 17.4. The zero-order valence-corrected chi connectivity index (χ0v) is 13.6. The zero-order valence-electron chi connectivity index (χ0n) is 12.8. The fourth-order valence-corrected chi connectivity index (χ4v) is 3.96. The first-order chi connectivity index (χ1) is 10.8. The largest absolute Gasteiger partial charge is 0.480 e. The van der Waals surface area contributed by atoms with Crippen LogP contribution in [0.2, 0.25) is 0 Å². The number of carboxylic acid groups (broad SMARTS) is 1. The number of amides is 1. The van der Waals surface area contributed by atoms with Gasteiger partial charge in [-0.2, -0.15) is 4.72 Å². The fraction of sp³-hybridized carbons (Fsp3) is 0.467. The molecule has 1 aromatic carbocycles. The van der Waals surface area contributed by atoms with Crippen molar-refractivity contribution < 1.29 is 23.1 Å². The van der Waals surface area contributed by atoms with Gasteiger partial charge in [-0.25, -0.2) is 8.42 Å². The molecule has 8 heteroatoms. The number of nitrogens with one attached hydrogen (secondary N) is 2. The number of carbonyl (C=O) groups is 2. The normalized spacial score (nSPS) is 18.3. The van der Waals surface area contributed by atoms with Crippen LogP contribution in [0.15, 0.2) is 35.2 Å². The van der Waals surface area contributed by atoms with Gasteiger partial charge in [-0.05, 0) is 31.9 Å². The molecule has 0 aliphatic heterocycles. The molecule has 1 aliphatic carbocycles. The van der Waals surface area contributed by atoms with Crippen molar-refractivity contribution in [3.63, 3.8) is 0 Å². The third kappa shape index (κ3) is 3.70. The van der Waals surface area contributed by atoms with Gasteiger partial charge in [-0.1, -0.05) is 31.0 Å². The Balaban J connectivity index is 2.06. The van der Waals surface area contributed by atoms with Crippen LogP contribution < -0.4 is 10.0 Å². The van der Waals surface area contributed by atoms with E-state index in [9.17, 15) is 23.1 Å². The maximum atomic E-state index is 12.3. The molecule has 1 aliphatic rings. The Bertz CT molecular complexity index is 681. The second-order valence-corrected chi connectivity index (χ2v) is 7.44. The van der Waals surface area contributed by atoms with E-state index in [0.717, 1.165) is 0 Å². The van der Waals surface area contributed by atoms with Gasteiger partial charge in [0.15, 0.2) is 0 Å². The second kappa shape index (κ2) is 6.67. The van der Waals surface area contributed by atoms with Gasteiger partial charge >= 0.3 is 5.97 Å². The number of hydrogen-bond donors (Lipinski definition) is 3. The quantitative estimate of drug-likeness (QED) is 0.530. The third-order valence-electron chi connectivity index (χ3n) is 4.03. The van der Waals surface area contributed by atoms with Crippen LogP contribution in [-0.2, 0) is 19.6 Å². The lowest BCUT2D eigenvalue weighted by molar-refractivity contribution is -0.155. The third-order valence-corrected chi connectivity index (χ3v) is 5.59. The molecule has 0 spiro atoms. The highest BCUT2D eigenvalue weighted by molar-refractivity contribution is 7.89. The molecule has 0 saturated heterocycles. The topological polar surface area (TPSA) is 113 Å². The highest BCUT2D eigenvalue weighted by Crippen LogP contribution is 2.38. The molecule has 1 fully saturated rings. The fourth-order valence-electron chi connectivity index (χ4n) is 2.78. The van der Waals surface area contributed by atoms with E-state index < -0.39 is 33.5 Å². The van der Waals surface area contributed by atoms with E-state index in [1.54, 1.807) is 18.2 Å². The van der Waals surface area contributed by atoms with Crippen LogP contribution in [-0.4, -0.2) is 31.6 Å². The van der Waals surface area contributed by atoms with Crippen molar-refractivity contribution >= 4 is 21.9 Å². The van der Waals surface area contributed by atoms with Gasteiger partial charge < -0.3 is 10.4 Å². The van der Waals surface area contributed by atoms with E-state index in [1.807, 2.05) is 0 Å². The molecule has 0 bridgehead atoms. The second-order valence-electron chi connectivity index (χ2n) is 5.72. The van der Waals surface area contributed by atoms with Crippen molar-refractivity contribution in [3.8, 4) is 0 Å². The molecule has 1 atom stereocenters. The number of hydrogen-bond acceptors (Lipinski definition) is 4. The van der Waals surface area contributed by atoms with E-state index in [4.69, 9.17) is 0 Å². The van der Waals surface area contributed by atoms with Crippen molar-refractivity contribution in [2.24, 2.45) is 5.41 Å². The molecular formula is C15H20N2O5S. The smallest absolute Gasteiger partial charge is 0.319 e. The van der Waals surface area contributed by atoms with Crippen LogP contribution in [0.3, 0.4) is 0 Å². The lowest BCUT2D eigenvalue weighted by atomic mass is 9.85. The molecular weight excluding hydrogens is 320 g/mol. The number of carbonyl (C=O) groups excluding carboxylic acids is 1. The van der Waals surface area contributed by atoms with Crippen molar-refractivity contribution in [2.45, 2.75) is 43.7 Å². The number of rotatable bonds is 6. The monoisotopic (exact) mass is 340 g/mol. The number of carboxylic acids is 1. The Labute approximate surface area is 135 Å². The van der Waals surface area contributed by atoms with E-state index in [2.05, 4.69) is 10.0 Å². The molecule has 23 heavy (non-hydrogen) atoms. The van der Waals surface area contributed by atoms with Crippen LogP contribution >= 0.6 is 0 Å². The Morgan fingerprint density at radius 1 is 1.17 bits per heavy atom. The summed E-state index contributed by atoms with van der Waals surface area (Å²) in [5, 5.41) is 11.8. The highest BCUT2D eigenvalue weighted by Gasteiger charge is 2.48. The first-order valence-electron chi connectivity index (χ1n) is 7.40. The van der Waals surface area contributed by atoms with Gasteiger partial charge in [-0.3, -0.25) is 9.59 Å². The predicted molar refractivity (Wildman–Crippen MR) is 82.9 cm³/mol. The summed E-state index contributed by atoms with van der Waals surface area (Å²) in [6.07, 6.45) is 0.969. The van der Waals surface area contributed by atoms with E-state index in [1.165, 1.54) is 19.1 Å². The minimum absolute atomic E-state index is 0.0786. The summed E-state index contributed by atoms with van der Waals surface area (Å²) in [6.45, 7) is 1.46. The van der Waals surface area contributed by atoms with Gasteiger partial charge in [0.2, 0.25) is 15.9 Å². The van der Waals surface area contributed by atoms with Crippen LogP contribution in [0, 0.1) is 5.41 Å². The molecule has 126 valence electrons. The number of aliphatic carboxylic acids is 1. The summed E-state index contributed by atoms with van der Waals surface area (Å²) >= 11 is 0. The SMILES string of the molecule is CC(NC(=O)C1(C(=O)O)CCCC1)NS(=O)(=O)c1ccccc1. The predicted octanol–water partition coefficient (Wildman–Crippen LogP) is 1.07. The molecule has 1 amide bonds. The summed E-state index contributed by atoms with van der Waals surface area (Å²) in [5.74, 6) is -1.81. The molecule has 0 aromatic heterocycles. The summed E-state index contributed by atoms with van der Waals surface area (Å²) < 4.78 is 26.7. The van der Waals surface area contributed by atoms with Gasteiger partial charge in [0, 0.05) is 0 Å². The summed E-state index contributed by atoms with van der Waals surface area (Å²) in [6, 6.07) is 7.76. The molecule has 1 unspecified atom stereocenters. The Morgan fingerprint density at radius 2 is 1.74 bits per heavy atom. The molecule has 0 heterocycles. The standard InChI is InChI=1S/C15H20N2O5S/c1-11(17-23(21,22)12-7-3-2-4-8-12)16-13(18)15(14(19)20)9-5-6-10-15/h2-4,7-8,11,17H,5-6,9-10H2,1H3,(H,16,18)(H,19,20). The lowest BCUT2D eigenvalue weighted by Gasteiger charge is -2.25. The van der Waals surface area contributed by atoms with Crippen LogP contribution in [0.5, 0.6) is 0 Å². The number of benzene rings is 1. The van der Waals surface area contributed by atoms with Crippen molar-refractivity contribution in [1.82, 2.24) is 10.0 Å². The highest BCUT2D eigenvalue weighted by atomic mass is 32.2. The van der Waals surface area contributed by atoms with Crippen LogP contribution in [0.1, 0.15) is 32.6 Å². The summed E-state index contributed by atoms with van der Waals surface area (Å²) in [5.41, 5.74) is -1.45. The van der Waals surface area contributed by atoms with Crippen LogP contribution in [0.4, 0.5) is 0 Å². The minimum atomic E-state index is -3.78. The Kier molecular flexibility index (Phi) is 5.06. The molecule has 0 radical (unpaired) electrons. The minimum Gasteiger partial charge on any atom is -0.480 e. The van der Waals surface area contributed by atoms with E-state index in [-0.39, 0.29) is 17.7 Å². The lowest BCUT2D eigenvalue weighted by Crippen LogP contribution is -2.52. The summed E-state index contributed by atoms with van der Waals surface area (Å²) in [7, 11) is -3.78. The Morgan fingerprint density at radius 3 is 2.26 bits per heavy atom. The Hall–Kier alpha value is -1.93. The van der Waals surface area contributed by atoms with Crippen molar-refractivity contribution in [1.29, 1.82) is 0 Å². The molecule has 1 saturated carbocycles. The van der Waals surface area contributed by atoms with Crippen LogP contribution in [0.25, 0.3) is 0 Å². The zero-order chi connectivity index (χ0) is 17.1. The molecule has 3 N–H and O–H groups in total. The average molecular weight is 340 g/mol. The number of sulfonamides is 1. The first-order valence-corrected chi connectivity index (χ1v) is 8.88. The van der Waals surface area contributed by atoms with Crippen molar-refractivity contribution in [3.05, 3.63) is 30.3 Å². The van der Waals surface area contributed by atoms with Gasteiger partial charge in [0.25, 0.3) is 0 Å². The van der Waals surface area contributed by atoms with E-state index in [0.29, 0.717) is 12.8 Å².